The van der Waals surface area contributed by atoms with Crippen molar-refractivity contribution >= 4 is 39.0 Å². The van der Waals surface area contributed by atoms with Crippen LogP contribution >= 0.6 is 39.0 Å². The van der Waals surface area contributed by atoms with Gasteiger partial charge in [-0.05, 0) is 39.0 Å². The first-order valence-electron chi connectivity index (χ1n) is 1.55. The molecule has 0 N–H and O–H groups in total. The third kappa shape index (κ3) is 0.125. The topological polar surface area (TPSA) is 0 Å². The van der Waals surface area contributed by atoms with E-state index in [0.29, 0.717) is 0 Å². The molecule has 0 atom stereocenters. The highest BCUT2D eigenvalue weighted by Crippen LogP contribution is 3.54. The maximum absolute atomic E-state index is 12.6. The molecule has 0 spiro atoms. The van der Waals surface area contributed by atoms with E-state index in [2.05, 4.69) is 0 Å². The standard InChI is InChI=1S/CHFS4/c2-6-1(3-6,4-6)5-6/h6H. The van der Waals surface area contributed by atoms with E-state index < -0.39 is 6.64 Å². The summed E-state index contributed by atoms with van der Waals surface area (Å²) in [5.74, 6) is 0. The third-order valence-corrected chi connectivity index (χ3v) is 22.4. The number of rotatable bonds is 0. The maximum Gasteiger partial charge on any atom is 0.199 e. The van der Waals surface area contributed by atoms with Crippen LogP contribution in [0.5, 0.6) is 0 Å². The lowest BCUT2D eigenvalue weighted by Gasteiger charge is -2.15. The van der Waals surface area contributed by atoms with E-state index >= 15 is 0 Å². The second-order valence-electron chi connectivity index (χ2n) is 1.59. The van der Waals surface area contributed by atoms with Gasteiger partial charge >= 0.3 is 0 Å². The normalized spacial score (nSPS) is 77.8. The second-order valence-corrected chi connectivity index (χ2v) is 17.8. The van der Waals surface area contributed by atoms with E-state index in [-0.39, 0.29) is 2.74 Å². The predicted molar refractivity (Wildman–Crippen MR) is 35.6 cm³/mol. The molecular formula is CHFS4. The van der Waals surface area contributed by atoms with Gasteiger partial charge in [0.2, 0.25) is 0 Å². The van der Waals surface area contributed by atoms with Crippen LogP contribution in [0.3, 0.4) is 0 Å². The Kier molecular flexibility index (Phi) is 0.245. The molecule has 5 heteroatoms. The first-order chi connectivity index (χ1) is 2.68. The largest absolute Gasteiger partial charge is 0.199 e. The Morgan fingerprint density at radius 2 is 1.50 bits per heavy atom. The molecule has 0 aliphatic carbocycles. The fraction of sp³-hybridized carbons (Fsp3) is 1.00. The van der Waals surface area contributed by atoms with Crippen LogP contribution in [0.4, 0.5) is 3.89 Å². The molecule has 0 nitrogen and oxygen atoms in total. The molecule has 0 amide bonds. The van der Waals surface area contributed by atoms with Crippen molar-refractivity contribution in [2.24, 2.45) is 0 Å². The summed E-state index contributed by atoms with van der Waals surface area (Å²) in [6, 6.07) is 0. The molecule has 36 valence electrons. The third-order valence-electron chi connectivity index (χ3n) is 1.15. The van der Waals surface area contributed by atoms with Gasteiger partial charge in [-0.1, -0.05) is 0 Å². The van der Waals surface area contributed by atoms with Gasteiger partial charge in [0, 0.05) is 0 Å². The van der Waals surface area contributed by atoms with Gasteiger partial charge in [0.25, 0.3) is 0 Å². The second kappa shape index (κ2) is 0.435. The van der Waals surface area contributed by atoms with Gasteiger partial charge in [-0.2, -0.15) is 3.89 Å². The zero-order valence-corrected chi connectivity index (χ0v) is 5.89. The van der Waals surface area contributed by atoms with Crippen molar-refractivity contribution < 1.29 is 3.89 Å². The lowest BCUT2D eigenvalue weighted by Crippen LogP contribution is -1.66. The Labute approximate surface area is 45.8 Å². The molecule has 3 fully saturated rings. The van der Waals surface area contributed by atoms with Gasteiger partial charge in [0.05, 0.1) is 0 Å². The summed E-state index contributed by atoms with van der Waals surface area (Å²) < 4.78 is 12.9. The highest BCUT2D eigenvalue weighted by Gasteiger charge is 3.13. The van der Waals surface area contributed by atoms with Crippen molar-refractivity contribution in [3.05, 3.63) is 0 Å². The van der Waals surface area contributed by atoms with Crippen molar-refractivity contribution in [3.63, 3.8) is 0 Å². The van der Waals surface area contributed by atoms with Crippen LogP contribution in [0.25, 0.3) is 0 Å². The molecule has 0 aromatic heterocycles. The number of hydrogen-bond donors (Lipinski definition) is 1. The number of hydrogen-bond acceptors (Lipinski definition) is 3. The minimum atomic E-state index is -2.24. The average molecular weight is 160 g/mol. The van der Waals surface area contributed by atoms with E-state index in [9.17, 15) is 3.89 Å². The number of halogens is 1. The lowest BCUT2D eigenvalue weighted by molar-refractivity contribution is 0.941. The first-order valence-corrected chi connectivity index (χ1v) is 7.94. The molecule has 0 aromatic carbocycles. The van der Waals surface area contributed by atoms with Crippen LogP contribution in [0.15, 0.2) is 0 Å². The van der Waals surface area contributed by atoms with Crippen molar-refractivity contribution in [2.75, 3.05) is 0 Å². The molecule has 3 rings (SSSR count). The fourth-order valence-electron chi connectivity index (χ4n) is 0.546. The summed E-state index contributed by atoms with van der Waals surface area (Å²) >= 11 is 0. The minimum absolute atomic E-state index is 0.214. The Bertz CT molecular complexity index is 140. The lowest BCUT2D eigenvalue weighted by atomic mass is 11.8. The van der Waals surface area contributed by atoms with Crippen LogP contribution in [0.1, 0.15) is 0 Å². The molecule has 3 aliphatic heterocycles. The number of thiol groups is 1. The maximum atomic E-state index is 12.6. The molecule has 0 bridgehead atoms. The summed E-state index contributed by atoms with van der Waals surface area (Å²) in [5.41, 5.74) is 0. The van der Waals surface area contributed by atoms with E-state index in [0.717, 1.165) is 0 Å². The van der Waals surface area contributed by atoms with Crippen LogP contribution in [-0.2, 0) is 0 Å². The van der Waals surface area contributed by atoms with Crippen LogP contribution < -0.4 is 0 Å². The van der Waals surface area contributed by atoms with Crippen LogP contribution in [0, 0.1) is 0 Å². The van der Waals surface area contributed by atoms with Crippen molar-refractivity contribution in [1.82, 2.24) is 0 Å². The van der Waals surface area contributed by atoms with Crippen molar-refractivity contribution in [3.8, 4) is 0 Å². The Morgan fingerprint density at radius 3 is 1.50 bits per heavy atom. The Hall–Kier alpha value is 1.33. The zero-order chi connectivity index (χ0) is 4.07. The summed E-state index contributed by atoms with van der Waals surface area (Å²) in [7, 11) is 4.77. The SMILES string of the molecule is F[SH]123SC1(S2)S3. The first kappa shape index (κ1) is 3.37. The molecule has 3 saturated heterocycles. The monoisotopic (exact) mass is 160 g/mol. The van der Waals surface area contributed by atoms with E-state index in [1.54, 1.807) is 32.4 Å². The smallest absolute Gasteiger partial charge is 0.180 e. The summed E-state index contributed by atoms with van der Waals surface area (Å²) in [4.78, 5) is 0. The molecule has 0 aromatic rings. The quantitative estimate of drug-likeness (QED) is 0.329. The van der Waals surface area contributed by atoms with Gasteiger partial charge in [0.1, 0.15) is 0 Å². The summed E-state index contributed by atoms with van der Waals surface area (Å²) in [6.07, 6.45) is 0. The molecule has 3 heterocycles. The Balaban J connectivity index is 2.48. The van der Waals surface area contributed by atoms with E-state index in [1.807, 2.05) is 0 Å². The molecule has 0 unspecified atom stereocenters. The molecule has 6 heavy (non-hydrogen) atoms. The molecule has 3 aliphatic rings. The zero-order valence-electron chi connectivity index (χ0n) is 2.55. The molecule has 0 saturated carbocycles. The highest BCUT2D eigenvalue weighted by molar-refractivity contribution is 9.90. The minimum Gasteiger partial charge on any atom is -0.180 e. The average Bonchev–Trinajstić information content (AvgIpc) is 1.71. The Morgan fingerprint density at radius 1 is 1.33 bits per heavy atom. The van der Waals surface area contributed by atoms with Crippen molar-refractivity contribution in [1.29, 1.82) is 0 Å². The molecule has 0 radical (unpaired) electrons. The van der Waals surface area contributed by atoms with Crippen LogP contribution in [0.2, 0.25) is 0 Å². The predicted octanol–water partition coefficient (Wildman–Crippen LogP) is 2.54. The van der Waals surface area contributed by atoms with E-state index in [4.69, 9.17) is 0 Å². The van der Waals surface area contributed by atoms with Gasteiger partial charge < -0.3 is 0 Å². The van der Waals surface area contributed by atoms with Crippen LogP contribution in [-0.4, -0.2) is 2.74 Å². The van der Waals surface area contributed by atoms with Gasteiger partial charge in [-0.15, -0.1) is 0 Å². The highest BCUT2D eigenvalue weighted by atomic mass is 34.0. The fourth-order valence-corrected chi connectivity index (χ4v) is 25.1. The summed E-state index contributed by atoms with van der Waals surface area (Å²) in [5, 5.41) is 0. The van der Waals surface area contributed by atoms with Gasteiger partial charge in [-0.3, -0.25) is 0 Å². The van der Waals surface area contributed by atoms with Crippen molar-refractivity contribution in [2.45, 2.75) is 2.74 Å². The molecular weight excluding hydrogens is 159 g/mol. The summed E-state index contributed by atoms with van der Waals surface area (Å²) in [6.45, 7) is -2.24. The van der Waals surface area contributed by atoms with E-state index in [1.165, 1.54) is 0 Å². The van der Waals surface area contributed by atoms with Gasteiger partial charge in [-0.25, -0.2) is 0 Å². The van der Waals surface area contributed by atoms with Gasteiger partial charge in [0.15, 0.2) is 2.74 Å².